The summed E-state index contributed by atoms with van der Waals surface area (Å²) < 4.78 is 13.1. The Labute approximate surface area is 164 Å². The van der Waals surface area contributed by atoms with Crippen molar-refractivity contribution in [1.82, 2.24) is 14.9 Å². The number of likely N-dealkylation sites (tertiary alicyclic amines) is 1. The lowest BCUT2D eigenvalue weighted by Crippen LogP contribution is -2.38. The molecule has 0 N–H and O–H groups in total. The van der Waals surface area contributed by atoms with E-state index in [0.717, 1.165) is 60.3 Å². The van der Waals surface area contributed by atoms with Crippen LogP contribution >= 0.6 is 0 Å². The predicted molar refractivity (Wildman–Crippen MR) is 108 cm³/mol. The zero-order valence-corrected chi connectivity index (χ0v) is 16.3. The number of aryl methyl sites for hydroxylation is 2. The van der Waals surface area contributed by atoms with E-state index in [-0.39, 0.29) is 11.7 Å². The van der Waals surface area contributed by atoms with E-state index in [9.17, 15) is 9.18 Å². The fraction of sp³-hybridized carbons (Fsp3) is 0.348. The molecule has 1 fully saturated rings. The van der Waals surface area contributed by atoms with Crippen molar-refractivity contribution in [1.29, 1.82) is 0 Å². The van der Waals surface area contributed by atoms with Crippen molar-refractivity contribution in [2.75, 3.05) is 13.1 Å². The van der Waals surface area contributed by atoms with Crippen molar-refractivity contribution in [3.63, 3.8) is 0 Å². The van der Waals surface area contributed by atoms with Gasteiger partial charge in [-0.05, 0) is 74.9 Å². The fourth-order valence-electron chi connectivity index (χ4n) is 3.84. The molecule has 0 unspecified atom stereocenters. The Bertz CT molecular complexity index is 1010. The van der Waals surface area contributed by atoms with Crippen LogP contribution in [-0.4, -0.2) is 33.9 Å². The first kappa shape index (κ1) is 18.5. The van der Waals surface area contributed by atoms with Crippen molar-refractivity contribution < 1.29 is 9.18 Å². The molecule has 28 heavy (non-hydrogen) atoms. The highest BCUT2D eigenvalue weighted by atomic mass is 19.1. The molecule has 4 nitrogen and oxygen atoms in total. The Kier molecular flexibility index (Phi) is 5.07. The second-order valence-electron chi connectivity index (χ2n) is 7.66. The highest BCUT2D eigenvalue weighted by Gasteiger charge is 2.24. The first-order valence-corrected chi connectivity index (χ1v) is 9.78. The van der Waals surface area contributed by atoms with Crippen LogP contribution in [0.15, 0.2) is 42.5 Å². The van der Waals surface area contributed by atoms with Crippen molar-refractivity contribution in [3.8, 4) is 0 Å². The van der Waals surface area contributed by atoms with Crippen LogP contribution in [0.2, 0.25) is 0 Å². The number of hydrogen-bond donors (Lipinski definition) is 0. The lowest BCUT2D eigenvalue weighted by atomic mass is 9.90. The van der Waals surface area contributed by atoms with Gasteiger partial charge in [-0.2, -0.15) is 0 Å². The van der Waals surface area contributed by atoms with Crippen LogP contribution < -0.4 is 0 Å². The minimum atomic E-state index is -0.199. The maximum absolute atomic E-state index is 13.1. The number of nitrogens with zero attached hydrogens (tertiary/aromatic N) is 3. The zero-order chi connectivity index (χ0) is 19.7. The van der Waals surface area contributed by atoms with Crippen LogP contribution in [0.1, 0.15) is 40.2 Å². The van der Waals surface area contributed by atoms with E-state index in [4.69, 9.17) is 0 Å². The van der Waals surface area contributed by atoms with E-state index in [1.54, 1.807) is 0 Å². The molecule has 0 aliphatic carbocycles. The highest BCUT2D eigenvalue weighted by molar-refractivity contribution is 5.97. The normalized spacial score (nSPS) is 15.2. The number of halogens is 1. The molecule has 1 saturated heterocycles. The SMILES string of the molecule is Cc1nc2ccc(C(=O)N3CCC(Cc4ccc(F)cc4)CC3)cc2nc1C. The molecule has 0 bridgehead atoms. The molecule has 0 radical (unpaired) electrons. The third kappa shape index (κ3) is 3.88. The van der Waals surface area contributed by atoms with E-state index in [2.05, 4.69) is 9.97 Å². The molecule has 144 valence electrons. The van der Waals surface area contributed by atoms with Gasteiger partial charge >= 0.3 is 0 Å². The molecule has 4 rings (SSSR count). The van der Waals surface area contributed by atoms with Gasteiger partial charge in [-0.25, -0.2) is 14.4 Å². The number of amides is 1. The van der Waals surface area contributed by atoms with Crippen molar-refractivity contribution in [3.05, 3.63) is 70.8 Å². The summed E-state index contributed by atoms with van der Waals surface area (Å²) in [6.07, 6.45) is 2.87. The second kappa shape index (κ2) is 7.66. The molecule has 0 saturated carbocycles. The summed E-state index contributed by atoms with van der Waals surface area (Å²) in [4.78, 5) is 24.0. The van der Waals surface area contributed by atoms with E-state index in [1.165, 1.54) is 12.1 Å². The predicted octanol–water partition coefficient (Wildman–Crippen LogP) is 4.48. The molecular formula is C23H24FN3O. The van der Waals surface area contributed by atoms with E-state index in [1.807, 2.05) is 49.1 Å². The van der Waals surface area contributed by atoms with Gasteiger partial charge in [0.15, 0.2) is 0 Å². The summed E-state index contributed by atoms with van der Waals surface area (Å²) in [5, 5.41) is 0. The average molecular weight is 377 g/mol. The molecular weight excluding hydrogens is 353 g/mol. The van der Waals surface area contributed by atoms with E-state index >= 15 is 0 Å². The third-order valence-electron chi connectivity index (χ3n) is 5.66. The maximum atomic E-state index is 13.1. The Morgan fingerprint density at radius 3 is 2.32 bits per heavy atom. The average Bonchev–Trinajstić information content (AvgIpc) is 2.70. The number of carbonyl (C=O) groups excluding carboxylic acids is 1. The Hall–Kier alpha value is -2.82. The lowest BCUT2D eigenvalue weighted by Gasteiger charge is -2.32. The maximum Gasteiger partial charge on any atom is 0.253 e. The minimum absolute atomic E-state index is 0.0576. The van der Waals surface area contributed by atoms with Gasteiger partial charge in [0.1, 0.15) is 5.82 Å². The van der Waals surface area contributed by atoms with Crippen LogP contribution in [0, 0.1) is 25.6 Å². The smallest absolute Gasteiger partial charge is 0.253 e. The molecule has 1 aliphatic rings. The van der Waals surface area contributed by atoms with Gasteiger partial charge < -0.3 is 4.90 Å². The summed E-state index contributed by atoms with van der Waals surface area (Å²) >= 11 is 0. The van der Waals surface area contributed by atoms with Gasteiger partial charge in [-0.3, -0.25) is 4.79 Å². The number of benzene rings is 2. The van der Waals surface area contributed by atoms with Crippen LogP contribution in [0.4, 0.5) is 4.39 Å². The number of hydrogen-bond acceptors (Lipinski definition) is 3. The topological polar surface area (TPSA) is 46.1 Å². The van der Waals surface area contributed by atoms with Crippen LogP contribution in [0.3, 0.4) is 0 Å². The summed E-state index contributed by atoms with van der Waals surface area (Å²) in [6, 6.07) is 12.3. The Balaban J connectivity index is 1.41. The Morgan fingerprint density at radius 2 is 1.64 bits per heavy atom. The minimum Gasteiger partial charge on any atom is -0.339 e. The number of aromatic nitrogens is 2. The number of piperidine rings is 1. The first-order chi connectivity index (χ1) is 13.5. The summed E-state index contributed by atoms with van der Waals surface area (Å²) in [6.45, 7) is 5.38. The standard InChI is InChI=1S/C23H24FN3O/c1-15-16(2)26-22-14-19(5-8-21(22)25-15)23(28)27-11-9-18(10-12-27)13-17-3-6-20(24)7-4-17/h3-8,14,18H,9-13H2,1-2H3. The van der Waals surface area contributed by atoms with Crippen LogP contribution in [0.5, 0.6) is 0 Å². The molecule has 0 spiro atoms. The van der Waals surface area contributed by atoms with E-state index < -0.39 is 0 Å². The number of fused-ring (bicyclic) bond motifs is 1. The molecule has 0 atom stereocenters. The van der Waals surface area contributed by atoms with Gasteiger partial charge in [0.2, 0.25) is 0 Å². The van der Waals surface area contributed by atoms with Gasteiger partial charge in [0, 0.05) is 18.7 Å². The van der Waals surface area contributed by atoms with Crippen molar-refractivity contribution >= 4 is 16.9 Å². The summed E-state index contributed by atoms with van der Waals surface area (Å²) in [7, 11) is 0. The number of rotatable bonds is 3. The molecule has 1 aromatic heterocycles. The van der Waals surface area contributed by atoms with Gasteiger partial charge in [0.05, 0.1) is 22.4 Å². The quantitative estimate of drug-likeness (QED) is 0.676. The Morgan fingerprint density at radius 1 is 1.00 bits per heavy atom. The van der Waals surface area contributed by atoms with Crippen molar-refractivity contribution in [2.45, 2.75) is 33.1 Å². The van der Waals surface area contributed by atoms with Gasteiger partial charge in [0.25, 0.3) is 5.91 Å². The monoisotopic (exact) mass is 377 g/mol. The van der Waals surface area contributed by atoms with Crippen molar-refractivity contribution in [2.24, 2.45) is 5.92 Å². The van der Waals surface area contributed by atoms with Gasteiger partial charge in [-0.15, -0.1) is 0 Å². The van der Waals surface area contributed by atoms with Crippen LogP contribution in [0.25, 0.3) is 11.0 Å². The lowest BCUT2D eigenvalue weighted by molar-refractivity contribution is 0.0690. The molecule has 2 aromatic carbocycles. The van der Waals surface area contributed by atoms with E-state index in [0.29, 0.717) is 11.5 Å². The molecule has 5 heteroatoms. The molecule has 1 amide bonds. The summed E-state index contributed by atoms with van der Waals surface area (Å²) in [5.74, 6) is 0.388. The fourth-order valence-corrected chi connectivity index (χ4v) is 3.84. The van der Waals surface area contributed by atoms with Gasteiger partial charge in [-0.1, -0.05) is 12.1 Å². The molecule has 2 heterocycles. The third-order valence-corrected chi connectivity index (χ3v) is 5.66. The highest BCUT2D eigenvalue weighted by Crippen LogP contribution is 2.24. The second-order valence-corrected chi connectivity index (χ2v) is 7.66. The molecule has 3 aromatic rings. The molecule has 1 aliphatic heterocycles. The first-order valence-electron chi connectivity index (χ1n) is 9.78. The largest absolute Gasteiger partial charge is 0.339 e. The number of carbonyl (C=O) groups is 1. The van der Waals surface area contributed by atoms with Crippen LogP contribution in [-0.2, 0) is 6.42 Å². The summed E-state index contributed by atoms with van der Waals surface area (Å²) in [5.41, 5.74) is 5.21. The zero-order valence-electron chi connectivity index (χ0n) is 16.3.